The molecule has 0 aliphatic rings. The highest BCUT2D eigenvalue weighted by atomic mass is 15.1. The number of aliphatic imine (C=N–C) groups is 1. The molecule has 0 aliphatic heterocycles. The largest absolute Gasteiger partial charge is 0.366 e. The number of benzene rings is 3. The van der Waals surface area contributed by atoms with Gasteiger partial charge in [-0.2, -0.15) is 0 Å². The predicted octanol–water partition coefficient (Wildman–Crippen LogP) is 7.30. The predicted molar refractivity (Wildman–Crippen MR) is 131 cm³/mol. The second-order valence-electron chi connectivity index (χ2n) is 8.50. The maximum atomic E-state index is 4.65. The van der Waals surface area contributed by atoms with Crippen molar-refractivity contribution in [1.82, 2.24) is 4.90 Å². The summed E-state index contributed by atoms with van der Waals surface area (Å²) in [6.45, 7) is 11.9. The van der Waals surface area contributed by atoms with Crippen LogP contribution in [0.4, 0.5) is 5.69 Å². The number of hydrogen-bond donors (Lipinski definition) is 0. The lowest BCUT2D eigenvalue weighted by Crippen LogP contribution is -2.14. The second kappa shape index (κ2) is 9.75. The van der Waals surface area contributed by atoms with E-state index in [1.54, 1.807) is 0 Å². The molecule has 0 saturated heterocycles. The molecule has 30 heavy (non-hydrogen) atoms. The van der Waals surface area contributed by atoms with Crippen molar-refractivity contribution < 1.29 is 0 Å². The van der Waals surface area contributed by atoms with Gasteiger partial charge in [-0.3, -0.25) is 0 Å². The van der Waals surface area contributed by atoms with Crippen molar-refractivity contribution in [3.05, 3.63) is 88.5 Å². The molecule has 3 aromatic carbocycles. The molecule has 0 spiro atoms. The van der Waals surface area contributed by atoms with Gasteiger partial charge in [-0.1, -0.05) is 68.4 Å². The molecule has 0 saturated carbocycles. The lowest BCUT2D eigenvalue weighted by atomic mass is 9.91. The Morgan fingerprint density at radius 2 is 1.63 bits per heavy atom. The molecule has 3 aromatic rings. The fraction of sp³-hybridized carbons (Fsp3) is 0.321. The van der Waals surface area contributed by atoms with Crippen molar-refractivity contribution in [3.63, 3.8) is 0 Å². The van der Waals surface area contributed by atoms with Crippen molar-refractivity contribution in [2.75, 3.05) is 13.6 Å². The molecule has 156 valence electrons. The average Bonchev–Trinajstić information content (AvgIpc) is 2.75. The van der Waals surface area contributed by atoms with E-state index in [1.165, 1.54) is 38.9 Å². The first-order valence-corrected chi connectivity index (χ1v) is 10.9. The van der Waals surface area contributed by atoms with Crippen LogP contribution in [-0.4, -0.2) is 24.8 Å². The monoisotopic (exact) mass is 398 g/mol. The van der Waals surface area contributed by atoms with Crippen molar-refractivity contribution >= 4 is 12.0 Å². The Bertz CT molecular complexity index is 1010. The van der Waals surface area contributed by atoms with E-state index in [0.717, 1.165) is 18.7 Å². The van der Waals surface area contributed by atoms with Gasteiger partial charge in [0.05, 0.1) is 12.0 Å². The van der Waals surface area contributed by atoms with E-state index in [9.17, 15) is 0 Å². The summed E-state index contributed by atoms with van der Waals surface area (Å²) in [6, 6.07) is 22.3. The van der Waals surface area contributed by atoms with Gasteiger partial charge in [-0.05, 0) is 78.1 Å². The summed E-state index contributed by atoms with van der Waals surface area (Å²) < 4.78 is 0. The number of rotatable bonds is 7. The van der Waals surface area contributed by atoms with E-state index in [4.69, 9.17) is 0 Å². The standard InChI is InChI=1S/C28H34N2/c1-7-30(6)19-29-28-17-21(4)25(16-22(28)5)18-23-12-14-24(15-13-23)27-11-9-8-10-26(27)20(2)3/h8-17,19-20H,7,18H2,1-6H3. The summed E-state index contributed by atoms with van der Waals surface area (Å²) in [4.78, 5) is 6.74. The summed E-state index contributed by atoms with van der Waals surface area (Å²) in [7, 11) is 2.04. The molecule has 0 unspecified atom stereocenters. The molecule has 0 atom stereocenters. The first kappa shape index (κ1) is 21.8. The molecule has 3 rings (SSSR count). The minimum Gasteiger partial charge on any atom is -0.366 e. The van der Waals surface area contributed by atoms with Gasteiger partial charge >= 0.3 is 0 Å². The van der Waals surface area contributed by atoms with Crippen LogP contribution in [0.1, 0.15) is 54.5 Å². The molecule has 0 aromatic heterocycles. The van der Waals surface area contributed by atoms with E-state index < -0.39 is 0 Å². The fourth-order valence-electron chi connectivity index (χ4n) is 3.72. The summed E-state index contributed by atoms with van der Waals surface area (Å²) >= 11 is 0. The zero-order valence-corrected chi connectivity index (χ0v) is 19.2. The van der Waals surface area contributed by atoms with E-state index >= 15 is 0 Å². The van der Waals surface area contributed by atoms with Crippen molar-refractivity contribution in [3.8, 4) is 11.1 Å². The minimum absolute atomic E-state index is 0.518. The highest BCUT2D eigenvalue weighted by molar-refractivity contribution is 5.68. The molecule has 0 fully saturated rings. The Kier molecular flexibility index (Phi) is 7.10. The van der Waals surface area contributed by atoms with E-state index in [0.29, 0.717) is 5.92 Å². The van der Waals surface area contributed by atoms with Crippen LogP contribution < -0.4 is 0 Å². The van der Waals surface area contributed by atoms with Gasteiger partial charge in [-0.25, -0.2) is 4.99 Å². The van der Waals surface area contributed by atoms with Crippen LogP contribution in [0.15, 0.2) is 65.7 Å². The number of hydrogen-bond acceptors (Lipinski definition) is 1. The third-order valence-electron chi connectivity index (χ3n) is 5.79. The summed E-state index contributed by atoms with van der Waals surface area (Å²) in [5, 5.41) is 0. The van der Waals surface area contributed by atoms with Gasteiger partial charge < -0.3 is 4.90 Å². The van der Waals surface area contributed by atoms with Crippen LogP contribution in [0.3, 0.4) is 0 Å². The fourth-order valence-corrected chi connectivity index (χ4v) is 3.72. The van der Waals surface area contributed by atoms with Crippen LogP contribution in [0, 0.1) is 13.8 Å². The molecule has 2 heteroatoms. The van der Waals surface area contributed by atoms with E-state index in [1.807, 2.05) is 13.4 Å². The van der Waals surface area contributed by atoms with Gasteiger partial charge in [0.2, 0.25) is 0 Å². The second-order valence-corrected chi connectivity index (χ2v) is 8.50. The smallest absolute Gasteiger partial charge is 0.0909 e. The van der Waals surface area contributed by atoms with Crippen LogP contribution in [0.5, 0.6) is 0 Å². The molecule has 0 amide bonds. The quantitative estimate of drug-likeness (QED) is 0.301. The van der Waals surface area contributed by atoms with Gasteiger partial charge in [-0.15, -0.1) is 0 Å². The van der Waals surface area contributed by atoms with Gasteiger partial charge in [0.1, 0.15) is 0 Å². The molecule has 0 N–H and O–H groups in total. The summed E-state index contributed by atoms with van der Waals surface area (Å²) in [5.41, 5.74) is 10.3. The van der Waals surface area contributed by atoms with Crippen LogP contribution in [0.25, 0.3) is 11.1 Å². The zero-order chi connectivity index (χ0) is 21.7. The number of nitrogens with zero attached hydrogens (tertiary/aromatic N) is 2. The maximum Gasteiger partial charge on any atom is 0.0909 e. The third kappa shape index (κ3) is 5.18. The third-order valence-corrected chi connectivity index (χ3v) is 5.79. The lowest BCUT2D eigenvalue weighted by Gasteiger charge is -2.14. The highest BCUT2D eigenvalue weighted by Crippen LogP contribution is 2.30. The maximum absolute atomic E-state index is 4.65. The van der Waals surface area contributed by atoms with Crippen LogP contribution >= 0.6 is 0 Å². The Morgan fingerprint density at radius 1 is 0.933 bits per heavy atom. The van der Waals surface area contributed by atoms with E-state index in [2.05, 4.69) is 105 Å². The topological polar surface area (TPSA) is 15.6 Å². The molecule has 0 radical (unpaired) electrons. The molecule has 0 aliphatic carbocycles. The first-order chi connectivity index (χ1) is 14.4. The Balaban J connectivity index is 1.81. The summed E-state index contributed by atoms with van der Waals surface area (Å²) in [6.07, 6.45) is 2.85. The van der Waals surface area contributed by atoms with Crippen LogP contribution in [0.2, 0.25) is 0 Å². The van der Waals surface area contributed by atoms with E-state index in [-0.39, 0.29) is 0 Å². The molecular weight excluding hydrogens is 364 g/mol. The average molecular weight is 399 g/mol. The molecular formula is C28H34N2. The Hall–Kier alpha value is -2.87. The Labute approximate surface area is 182 Å². The molecule has 2 nitrogen and oxygen atoms in total. The van der Waals surface area contributed by atoms with Crippen LogP contribution in [-0.2, 0) is 6.42 Å². The SMILES string of the molecule is CCN(C)C=Nc1cc(C)c(Cc2ccc(-c3ccccc3C(C)C)cc2)cc1C. The Morgan fingerprint density at radius 3 is 2.30 bits per heavy atom. The van der Waals surface area contributed by atoms with Crippen molar-refractivity contribution in [2.24, 2.45) is 4.99 Å². The lowest BCUT2D eigenvalue weighted by molar-refractivity contribution is 0.552. The zero-order valence-electron chi connectivity index (χ0n) is 19.2. The normalized spacial score (nSPS) is 11.4. The van der Waals surface area contributed by atoms with Gasteiger partial charge in [0.15, 0.2) is 0 Å². The van der Waals surface area contributed by atoms with Crippen molar-refractivity contribution in [2.45, 2.75) is 47.0 Å². The van der Waals surface area contributed by atoms with Crippen molar-refractivity contribution in [1.29, 1.82) is 0 Å². The first-order valence-electron chi connectivity index (χ1n) is 10.9. The highest BCUT2D eigenvalue weighted by Gasteiger charge is 2.09. The number of aryl methyl sites for hydroxylation is 2. The molecule has 0 bridgehead atoms. The minimum atomic E-state index is 0.518. The summed E-state index contributed by atoms with van der Waals surface area (Å²) in [5.74, 6) is 0.518. The van der Waals surface area contributed by atoms with Gasteiger partial charge in [0.25, 0.3) is 0 Å². The molecule has 0 heterocycles. The van der Waals surface area contributed by atoms with Gasteiger partial charge in [0, 0.05) is 13.6 Å².